The van der Waals surface area contributed by atoms with Gasteiger partial charge in [0.05, 0.1) is 37.3 Å². The van der Waals surface area contributed by atoms with Gasteiger partial charge in [-0.25, -0.2) is 4.98 Å². The maximum absolute atomic E-state index is 12.5. The van der Waals surface area contributed by atoms with E-state index < -0.39 is 0 Å². The molecule has 0 saturated carbocycles. The summed E-state index contributed by atoms with van der Waals surface area (Å²) < 4.78 is 6.73. The smallest absolute Gasteiger partial charge is 0.289 e. The number of aromatic nitrogens is 3. The summed E-state index contributed by atoms with van der Waals surface area (Å²) in [6.07, 6.45) is 2.97. The first-order chi connectivity index (χ1) is 13.7. The van der Waals surface area contributed by atoms with Crippen molar-refractivity contribution in [2.75, 3.05) is 26.2 Å². The summed E-state index contributed by atoms with van der Waals surface area (Å²) in [7, 11) is 0. The molecule has 0 unspecified atom stereocenters. The first-order valence-electron chi connectivity index (χ1n) is 8.94. The summed E-state index contributed by atoms with van der Waals surface area (Å²) >= 11 is 3.14. The van der Waals surface area contributed by atoms with Crippen molar-refractivity contribution in [3.63, 3.8) is 0 Å². The maximum Gasteiger partial charge on any atom is 0.289 e. The number of furan rings is 1. The second-order valence-corrected chi connectivity index (χ2v) is 8.61. The lowest BCUT2D eigenvalue weighted by Crippen LogP contribution is -3.15. The molecule has 4 aromatic heterocycles. The van der Waals surface area contributed by atoms with Crippen molar-refractivity contribution in [2.24, 2.45) is 0 Å². The van der Waals surface area contributed by atoms with Gasteiger partial charge in [-0.2, -0.15) is 9.61 Å². The number of hydrogen-bond donors (Lipinski definition) is 2. The Morgan fingerprint density at radius 2 is 2.14 bits per heavy atom. The van der Waals surface area contributed by atoms with E-state index in [1.165, 1.54) is 38.2 Å². The van der Waals surface area contributed by atoms with Crippen LogP contribution in [0, 0.1) is 0 Å². The van der Waals surface area contributed by atoms with Crippen LogP contribution in [0.4, 0.5) is 0 Å². The molecule has 1 aliphatic rings. The van der Waals surface area contributed by atoms with E-state index in [1.807, 2.05) is 16.3 Å². The number of thiazole rings is 1. The number of carbonyl (C=O) groups excluding carboxylic acids is 1. The lowest BCUT2D eigenvalue weighted by molar-refractivity contribution is -0.928. The molecule has 1 amide bonds. The van der Waals surface area contributed by atoms with Crippen LogP contribution < -0.4 is 4.90 Å². The fourth-order valence-corrected chi connectivity index (χ4v) is 5.77. The van der Waals surface area contributed by atoms with Crippen molar-refractivity contribution in [2.45, 2.75) is 6.04 Å². The first-order valence-corrected chi connectivity index (χ1v) is 10.6. The second-order valence-electron chi connectivity index (χ2n) is 6.62. The van der Waals surface area contributed by atoms with Gasteiger partial charge in [-0.1, -0.05) is 17.4 Å². The molecule has 10 heteroatoms. The lowest BCUT2D eigenvalue weighted by Gasteiger charge is -2.35. The van der Waals surface area contributed by atoms with Gasteiger partial charge in [-0.15, -0.1) is 11.3 Å². The van der Waals surface area contributed by atoms with E-state index in [2.05, 4.69) is 16.1 Å². The Bertz CT molecular complexity index is 1080. The molecule has 5 heterocycles. The Morgan fingerprint density at radius 3 is 2.82 bits per heavy atom. The van der Waals surface area contributed by atoms with Crippen LogP contribution in [0.25, 0.3) is 4.96 Å². The largest absolute Gasteiger partial charge is 0.492 e. The number of amides is 1. The Hall–Kier alpha value is -2.69. The zero-order chi connectivity index (χ0) is 19.1. The molecule has 8 nitrogen and oxygen atoms in total. The summed E-state index contributed by atoms with van der Waals surface area (Å²) in [5.74, 6) is 0.456. The number of nitrogens with zero attached hydrogens (tertiary/aromatic N) is 4. The Kier molecular flexibility index (Phi) is 4.38. The van der Waals surface area contributed by atoms with Gasteiger partial charge in [0, 0.05) is 0 Å². The van der Waals surface area contributed by atoms with Crippen molar-refractivity contribution >= 4 is 33.5 Å². The van der Waals surface area contributed by atoms with Crippen LogP contribution in [0.15, 0.2) is 46.7 Å². The number of aromatic hydroxyl groups is 1. The molecular weight excluding hydrogens is 398 g/mol. The molecule has 0 radical (unpaired) electrons. The van der Waals surface area contributed by atoms with Gasteiger partial charge in [-0.3, -0.25) is 4.79 Å². The monoisotopic (exact) mass is 416 g/mol. The molecule has 1 saturated heterocycles. The molecule has 0 aromatic carbocycles. The van der Waals surface area contributed by atoms with Gasteiger partial charge in [0.2, 0.25) is 10.8 Å². The summed E-state index contributed by atoms with van der Waals surface area (Å²) in [5, 5.41) is 16.9. The topological polar surface area (TPSA) is 88.3 Å². The highest BCUT2D eigenvalue weighted by Crippen LogP contribution is 2.36. The summed E-state index contributed by atoms with van der Waals surface area (Å²) in [6, 6.07) is 7.54. The molecule has 0 bridgehead atoms. The Balaban J connectivity index is 1.41. The fourth-order valence-electron chi connectivity index (χ4n) is 3.70. The third-order valence-electron chi connectivity index (χ3n) is 5.06. The highest BCUT2D eigenvalue weighted by atomic mass is 32.1. The van der Waals surface area contributed by atoms with E-state index in [-0.39, 0.29) is 17.8 Å². The average Bonchev–Trinajstić information content (AvgIpc) is 3.51. The number of nitrogens with one attached hydrogen (secondary N) is 1. The third-order valence-corrected chi connectivity index (χ3v) is 7.10. The summed E-state index contributed by atoms with van der Waals surface area (Å²) in [5.41, 5.74) is 0. The Morgan fingerprint density at radius 1 is 1.29 bits per heavy atom. The minimum Gasteiger partial charge on any atom is -0.492 e. The molecule has 0 spiro atoms. The van der Waals surface area contributed by atoms with Crippen LogP contribution in [0.5, 0.6) is 5.88 Å². The zero-order valence-electron chi connectivity index (χ0n) is 14.8. The maximum atomic E-state index is 12.5. The molecule has 1 aliphatic heterocycles. The van der Waals surface area contributed by atoms with Gasteiger partial charge in [-0.05, 0) is 23.6 Å². The van der Waals surface area contributed by atoms with Crippen LogP contribution in [0.1, 0.15) is 26.4 Å². The SMILES string of the molecule is O=C(c1ccco1)N1CC[NH+]([C@@H](c2cccs2)c2sc3ncnn3c2O)CC1. The van der Waals surface area contributed by atoms with Crippen LogP contribution in [0.3, 0.4) is 0 Å². The molecule has 1 fully saturated rings. The van der Waals surface area contributed by atoms with Gasteiger partial charge < -0.3 is 19.3 Å². The predicted molar refractivity (Wildman–Crippen MR) is 104 cm³/mol. The number of quaternary nitrogens is 1. The number of hydrogen-bond acceptors (Lipinski definition) is 7. The standard InChI is InChI=1S/C18H17N5O3S2/c24-16(12-3-1-9-26-12)22-7-5-21(6-8-22)14(13-4-2-10-27-13)15-17(25)23-18(28-15)19-11-20-23/h1-4,9-11,14,25H,5-8H2/p+1/t14-/m0/s1. The van der Waals surface area contributed by atoms with E-state index in [0.717, 1.165) is 18.0 Å². The third kappa shape index (κ3) is 2.89. The molecule has 144 valence electrons. The number of rotatable bonds is 4. The Labute approximate surface area is 168 Å². The van der Waals surface area contributed by atoms with E-state index in [9.17, 15) is 9.90 Å². The molecule has 1 atom stereocenters. The molecule has 4 aromatic rings. The summed E-state index contributed by atoms with van der Waals surface area (Å²) in [4.78, 5) is 22.6. The molecular formula is C18H18N5O3S2+. The lowest BCUT2D eigenvalue weighted by atomic mass is 10.1. The number of fused-ring (bicyclic) bond motifs is 1. The molecule has 0 aliphatic carbocycles. The highest BCUT2D eigenvalue weighted by molar-refractivity contribution is 7.17. The second kappa shape index (κ2) is 7.04. The van der Waals surface area contributed by atoms with Crippen LogP contribution >= 0.6 is 22.7 Å². The van der Waals surface area contributed by atoms with Gasteiger partial charge in [0.25, 0.3) is 5.91 Å². The normalized spacial score (nSPS) is 16.6. The number of piperazine rings is 1. The minimum absolute atomic E-state index is 0.00522. The van der Waals surface area contributed by atoms with Crippen molar-refractivity contribution in [3.05, 3.63) is 57.8 Å². The van der Waals surface area contributed by atoms with E-state index in [0.29, 0.717) is 23.8 Å². The van der Waals surface area contributed by atoms with E-state index in [1.54, 1.807) is 23.5 Å². The quantitative estimate of drug-likeness (QED) is 0.523. The van der Waals surface area contributed by atoms with Gasteiger partial charge in [0.15, 0.2) is 11.8 Å². The predicted octanol–water partition coefficient (Wildman–Crippen LogP) is 1.28. The van der Waals surface area contributed by atoms with Crippen LogP contribution in [-0.4, -0.2) is 56.7 Å². The number of thiophene rings is 1. The number of carbonyl (C=O) groups is 1. The first kappa shape index (κ1) is 17.4. The van der Waals surface area contributed by atoms with Crippen LogP contribution in [-0.2, 0) is 0 Å². The van der Waals surface area contributed by atoms with Crippen molar-refractivity contribution in [3.8, 4) is 5.88 Å². The van der Waals surface area contributed by atoms with E-state index >= 15 is 0 Å². The average molecular weight is 417 g/mol. The molecule has 28 heavy (non-hydrogen) atoms. The van der Waals surface area contributed by atoms with Crippen molar-refractivity contribution in [1.29, 1.82) is 0 Å². The van der Waals surface area contributed by atoms with Gasteiger partial charge in [0.1, 0.15) is 11.2 Å². The summed E-state index contributed by atoms with van der Waals surface area (Å²) in [6.45, 7) is 2.83. The molecule has 2 N–H and O–H groups in total. The zero-order valence-corrected chi connectivity index (χ0v) is 16.4. The molecule has 5 rings (SSSR count). The van der Waals surface area contributed by atoms with Crippen molar-refractivity contribution in [1.82, 2.24) is 19.5 Å². The van der Waals surface area contributed by atoms with Crippen LogP contribution in [0.2, 0.25) is 0 Å². The minimum atomic E-state index is -0.0710. The fraction of sp³-hybridized carbons (Fsp3) is 0.278. The highest BCUT2D eigenvalue weighted by Gasteiger charge is 2.36. The van der Waals surface area contributed by atoms with E-state index in [4.69, 9.17) is 4.42 Å². The van der Waals surface area contributed by atoms with Gasteiger partial charge >= 0.3 is 0 Å². The van der Waals surface area contributed by atoms with Crippen molar-refractivity contribution < 1.29 is 19.2 Å².